The highest BCUT2D eigenvalue weighted by Crippen LogP contribution is 2.38. The number of aromatic nitrogens is 3. The van der Waals surface area contributed by atoms with Gasteiger partial charge in [0.2, 0.25) is 27.6 Å². The first-order valence-electron chi connectivity index (χ1n) is 11.5. The molecule has 0 unspecified atom stereocenters. The van der Waals surface area contributed by atoms with Crippen LogP contribution in [0.3, 0.4) is 0 Å². The fourth-order valence-corrected chi connectivity index (χ4v) is 7.35. The molecule has 11 heteroatoms. The van der Waals surface area contributed by atoms with Crippen LogP contribution >= 0.6 is 11.3 Å². The summed E-state index contributed by atoms with van der Waals surface area (Å²) in [6, 6.07) is 5.31. The molecule has 5 rings (SSSR count). The van der Waals surface area contributed by atoms with Crippen molar-refractivity contribution in [2.75, 3.05) is 18.4 Å². The van der Waals surface area contributed by atoms with Crippen molar-refractivity contribution in [1.82, 2.24) is 19.4 Å². The molecule has 2 aliphatic rings. The zero-order valence-corrected chi connectivity index (χ0v) is 20.8. The number of piperidine rings is 1. The van der Waals surface area contributed by atoms with E-state index in [9.17, 15) is 13.2 Å². The van der Waals surface area contributed by atoms with Crippen molar-refractivity contribution in [2.45, 2.75) is 56.8 Å². The molecule has 1 aliphatic heterocycles. The molecule has 34 heavy (non-hydrogen) atoms. The van der Waals surface area contributed by atoms with E-state index in [0.717, 1.165) is 18.4 Å². The van der Waals surface area contributed by atoms with Crippen LogP contribution in [0.2, 0.25) is 0 Å². The second-order valence-electron chi connectivity index (χ2n) is 8.98. The minimum Gasteiger partial charge on any atom is -0.339 e. The van der Waals surface area contributed by atoms with Crippen LogP contribution in [0.25, 0.3) is 10.7 Å². The Morgan fingerprint density at radius 2 is 2.06 bits per heavy atom. The normalized spacial score (nSPS) is 19.6. The molecule has 0 radical (unpaired) electrons. The van der Waals surface area contributed by atoms with E-state index in [4.69, 9.17) is 4.52 Å². The molecule has 1 saturated carbocycles. The zero-order valence-electron chi connectivity index (χ0n) is 19.2. The molecule has 0 spiro atoms. The maximum absolute atomic E-state index is 13.5. The third-order valence-corrected chi connectivity index (χ3v) is 9.78. The second kappa shape index (κ2) is 9.20. The topological polar surface area (TPSA) is 118 Å². The Kier molecular flexibility index (Phi) is 6.26. The number of aryl methyl sites for hydroxylation is 2. The van der Waals surface area contributed by atoms with Gasteiger partial charge in [-0.05, 0) is 57.2 Å². The van der Waals surface area contributed by atoms with E-state index in [1.165, 1.54) is 22.1 Å². The summed E-state index contributed by atoms with van der Waals surface area (Å²) in [6.07, 6.45) is 6.13. The van der Waals surface area contributed by atoms with Gasteiger partial charge in [0, 0.05) is 30.1 Å². The molecule has 0 bridgehead atoms. The number of hydrogen-bond donors (Lipinski definition) is 1. The third kappa shape index (κ3) is 4.39. The molecule has 3 aromatic rings. The van der Waals surface area contributed by atoms with Crippen LogP contribution in [0.15, 0.2) is 33.8 Å². The number of amides is 1. The van der Waals surface area contributed by atoms with Crippen molar-refractivity contribution in [1.29, 1.82) is 0 Å². The number of hydrogen-bond acceptors (Lipinski definition) is 8. The highest BCUT2D eigenvalue weighted by Gasteiger charge is 2.35. The predicted octanol–water partition coefficient (Wildman–Crippen LogP) is 4.12. The van der Waals surface area contributed by atoms with Gasteiger partial charge in [-0.2, -0.15) is 9.29 Å². The SMILES string of the molecule is Cc1cccnc1NC(=O)[C@H]1CCCN(S(=O)(=O)c2cc(-c3noc(C4CCC4)n3)sc2C)C1. The summed E-state index contributed by atoms with van der Waals surface area (Å²) in [5, 5.41) is 6.93. The maximum atomic E-state index is 13.5. The minimum absolute atomic E-state index is 0.138. The lowest BCUT2D eigenvalue weighted by Gasteiger charge is -2.31. The summed E-state index contributed by atoms with van der Waals surface area (Å²) in [5.41, 5.74) is 0.861. The fourth-order valence-electron chi connectivity index (χ4n) is 4.34. The first kappa shape index (κ1) is 23.1. The van der Waals surface area contributed by atoms with E-state index < -0.39 is 15.9 Å². The molecule has 3 aromatic heterocycles. The maximum Gasteiger partial charge on any atom is 0.244 e. The van der Waals surface area contributed by atoms with Crippen molar-refractivity contribution >= 4 is 33.1 Å². The van der Waals surface area contributed by atoms with Crippen LogP contribution in [0, 0.1) is 19.8 Å². The first-order chi connectivity index (χ1) is 16.3. The van der Waals surface area contributed by atoms with Gasteiger partial charge in [-0.25, -0.2) is 13.4 Å². The summed E-state index contributed by atoms with van der Waals surface area (Å²) in [7, 11) is -3.77. The van der Waals surface area contributed by atoms with Gasteiger partial charge in [0.15, 0.2) is 0 Å². The summed E-state index contributed by atoms with van der Waals surface area (Å²) in [5.74, 6) is 1.23. The standard InChI is InChI=1S/C23H27N5O4S2/c1-14-6-4-10-24-20(14)25-22(29)17-9-5-11-28(13-17)34(30,31)19-12-18(33-15(19)2)21-26-23(32-27-21)16-7-3-8-16/h4,6,10,12,16-17H,3,5,7-9,11,13H2,1-2H3,(H,24,25,29)/t17-/m0/s1. The van der Waals surface area contributed by atoms with E-state index in [2.05, 4.69) is 20.4 Å². The minimum atomic E-state index is -3.77. The van der Waals surface area contributed by atoms with Crippen LogP contribution in [-0.4, -0.2) is 46.8 Å². The molecular formula is C23H27N5O4S2. The Hall–Kier alpha value is -2.63. The van der Waals surface area contributed by atoms with E-state index in [0.29, 0.717) is 52.6 Å². The van der Waals surface area contributed by atoms with Gasteiger partial charge in [-0.1, -0.05) is 17.6 Å². The van der Waals surface area contributed by atoms with Crippen LogP contribution in [0.1, 0.15) is 54.4 Å². The fraction of sp³-hybridized carbons (Fsp3) is 0.478. The van der Waals surface area contributed by atoms with Gasteiger partial charge < -0.3 is 9.84 Å². The number of anilines is 1. The van der Waals surface area contributed by atoms with Gasteiger partial charge in [-0.15, -0.1) is 11.3 Å². The second-order valence-corrected chi connectivity index (χ2v) is 12.1. The van der Waals surface area contributed by atoms with Gasteiger partial charge in [0.05, 0.1) is 15.7 Å². The Bertz CT molecular complexity index is 1310. The number of carbonyl (C=O) groups is 1. The average Bonchev–Trinajstić information content (AvgIpc) is 3.41. The van der Waals surface area contributed by atoms with E-state index in [1.54, 1.807) is 25.3 Å². The Morgan fingerprint density at radius 1 is 1.24 bits per heavy atom. The lowest BCUT2D eigenvalue weighted by Crippen LogP contribution is -2.43. The van der Waals surface area contributed by atoms with Crippen LogP contribution in [-0.2, 0) is 14.8 Å². The molecule has 2 fully saturated rings. The number of pyridine rings is 1. The molecule has 1 amide bonds. The summed E-state index contributed by atoms with van der Waals surface area (Å²) in [6.45, 7) is 4.17. The van der Waals surface area contributed by atoms with Gasteiger partial charge in [0.1, 0.15) is 5.82 Å². The van der Waals surface area contributed by atoms with Crippen molar-refractivity contribution < 1.29 is 17.7 Å². The van der Waals surface area contributed by atoms with Crippen molar-refractivity contribution in [3.05, 3.63) is 40.7 Å². The van der Waals surface area contributed by atoms with E-state index in [1.807, 2.05) is 13.0 Å². The van der Waals surface area contributed by atoms with Crippen LogP contribution in [0.4, 0.5) is 5.82 Å². The van der Waals surface area contributed by atoms with Gasteiger partial charge in [0.25, 0.3) is 0 Å². The molecule has 1 atom stereocenters. The average molecular weight is 502 g/mol. The monoisotopic (exact) mass is 501 g/mol. The smallest absolute Gasteiger partial charge is 0.244 e. The molecule has 1 aliphatic carbocycles. The Morgan fingerprint density at radius 3 is 2.79 bits per heavy atom. The molecule has 1 N–H and O–H groups in total. The lowest BCUT2D eigenvalue weighted by molar-refractivity contribution is -0.120. The largest absolute Gasteiger partial charge is 0.339 e. The summed E-state index contributed by atoms with van der Waals surface area (Å²) >= 11 is 1.34. The number of nitrogens with one attached hydrogen (secondary N) is 1. The molecule has 9 nitrogen and oxygen atoms in total. The summed E-state index contributed by atoms with van der Waals surface area (Å²) in [4.78, 5) is 23.2. The number of sulfonamides is 1. The molecule has 4 heterocycles. The number of carbonyl (C=O) groups excluding carboxylic acids is 1. The lowest BCUT2D eigenvalue weighted by atomic mass is 9.85. The zero-order chi connectivity index (χ0) is 23.9. The van der Waals surface area contributed by atoms with Crippen molar-refractivity contribution in [3.8, 4) is 10.7 Å². The summed E-state index contributed by atoms with van der Waals surface area (Å²) < 4.78 is 33.9. The molecule has 180 valence electrons. The quantitative estimate of drug-likeness (QED) is 0.540. The van der Waals surface area contributed by atoms with E-state index >= 15 is 0 Å². The number of rotatable bonds is 6. The van der Waals surface area contributed by atoms with E-state index in [-0.39, 0.29) is 17.3 Å². The molecular weight excluding hydrogens is 474 g/mol. The highest BCUT2D eigenvalue weighted by atomic mass is 32.2. The number of thiophene rings is 1. The predicted molar refractivity (Wildman–Crippen MR) is 128 cm³/mol. The molecule has 0 aromatic carbocycles. The van der Waals surface area contributed by atoms with Crippen molar-refractivity contribution in [2.24, 2.45) is 5.92 Å². The van der Waals surface area contributed by atoms with Crippen LogP contribution < -0.4 is 5.32 Å². The third-order valence-electron chi connectivity index (χ3n) is 6.61. The number of nitrogens with zero attached hydrogens (tertiary/aromatic N) is 4. The highest BCUT2D eigenvalue weighted by molar-refractivity contribution is 7.89. The van der Waals surface area contributed by atoms with Gasteiger partial charge >= 0.3 is 0 Å². The van der Waals surface area contributed by atoms with Crippen LogP contribution in [0.5, 0.6) is 0 Å². The Labute approximate surface area is 202 Å². The first-order valence-corrected chi connectivity index (χ1v) is 13.8. The molecule has 1 saturated heterocycles. The Balaban J connectivity index is 1.32. The van der Waals surface area contributed by atoms with Crippen molar-refractivity contribution in [3.63, 3.8) is 0 Å². The van der Waals surface area contributed by atoms with Gasteiger partial charge in [-0.3, -0.25) is 4.79 Å².